The van der Waals surface area contributed by atoms with Crippen molar-refractivity contribution in [3.8, 4) is 5.75 Å². The number of aliphatic hydroxyl groups is 1. The second-order valence-electron chi connectivity index (χ2n) is 11.2. The summed E-state index contributed by atoms with van der Waals surface area (Å²) >= 11 is 12.8. The van der Waals surface area contributed by atoms with Gasteiger partial charge < -0.3 is 19.5 Å². The Balaban J connectivity index is 1.17. The summed E-state index contributed by atoms with van der Waals surface area (Å²) in [4.78, 5) is 2.51. The summed E-state index contributed by atoms with van der Waals surface area (Å²) in [5, 5.41) is 11.5. The topological polar surface area (TPSA) is 41.9 Å². The van der Waals surface area contributed by atoms with Crippen LogP contribution in [0.25, 0.3) is 5.57 Å². The van der Waals surface area contributed by atoms with Gasteiger partial charge in [-0.1, -0.05) is 47.5 Å². The maximum absolute atomic E-state index is 10.1. The molecule has 0 aromatic heterocycles. The Hall–Kier alpha value is -1.56. The van der Waals surface area contributed by atoms with Gasteiger partial charge in [0.15, 0.2) is 6.29 Å². The molecule has 1 fully saturated rings. The second-order valence-corrected chi connectivity index (χ2v) is 12.0. The van der Waals surface area contributed by atoms with Gasteiger partial charge in [-0.15, -0.1) is 0 Å². The average molecular weight is 517 g/mol. The molecule has 1 N–H and O–H groups in total. The first-order valence-corrected chi connectivity index (χ1v) is 13.4. The van der Waals surface area contributed by atoms with Crippen molar-refractivity contribution < 1.29 is 14.6 Å². The van der Waals surface area contributed by atoms with Crippen molar-refractivity contribution in [2.45, 2.75) is 69.7 Å². The molecule has 0 saturated carbocycles. The molecule has 2 unspecified atom stereocenters. The molecular weight excluding hydrogens is 481 g/mol. The Labute approximate surface area is 218 Å². The van der Waals surface area contributed by atoms with Gasteiger partial charge in [0.2, 0.25) is 0 Å². The number of likely N-dealkylation sites (tertiary alicyclic amines) is 1. The van der Waals surface area contributed by atoms with Crippen LogP contribution in [0.3, 0.4) is 0 Å². The first-order chi connectivity index (χ1) is 16.7. The predicted octanol–water partition coefficient (Wildman–Crippen LogP) is 6.81. The molecule has 0 amide bonds. The number of hydrogen-bond acceptors (Lipinski definition) is 4. The summed E-state index contributed by atoms with van der Waals surface area (Å²) in [6.07, 6.45) is 5.34. The van der Waals surface area contributed by atoms with Crippen LogP contribution in [-0.2, 0) is 10.2 Å². The molecule has 2 heterocycles. The lowest BCUT2D eigenvalue weighted by molar-refractivity contribution is -0.169. The first kappa shape index (κ1) is 25.1. The van der Waals surface area contributed by atoms with E-state index in [0.29, 0.717) is 16.5 Å². The van der Waals surface area contributed by atoms with E-state index in [1.54, 1.807) is 0 Å². The molecule has 1 aliphatic carbocycles. The van der Waals surface area contributed by atoms with E-state index in [9.17, 15) is 5.11 Å². The van der Waals surface area contributed by atoms with Crippen LogP contribution in [-0.4, -0.2) is 48.1 Å². The van der Waals surface area contributed by atoms with Crippen LogP contribution in [0.5, 0.6) is 5.75 Å². The molecule has 2 aliphatic heterocycles. The monoisotopic (exact) mass is 515 g/mol. The van der Waals surface area contributed by atoms with Crippen LogP contribution in [0, 0.1) is 0 Å². The van der Waals surface area contributed by atoms with E-state index in [4.69, 9.17) is 32.7 Å². The van der Waals surface area contributed by atoms with Gasteiger partial charge in [0.1, 0.15) is 5.75 Å². The summed E-state index contributed by atoms with van der Waals surface area (Å²) in [5.74, 6) is 1.28. The minimum absolute atomic E-state index is 0.116. The van der Waals surface area contributed by atoms with Crippen molar-refractivity contribution in [3.05, 3.63) is 69.2 Å². The second kappa shape index (κ2) is 9.72. The molecule has 1 saturated heterocycles. The zero-order chi connectivity index (χ0) is 24.8. The molecule has 5 rings (SSSR count). The molecule has 2 atom stereocenters. The van der Waals surface area contributed by atoms with Crippen molar-refractivity contribution in [1.82, 2.24) is 4.90 Å². The van der Waals surface area contributed by atoms with Crippen LogP contribution in [0.2, 0.25) is 10.0 Å². The van der Waals surface area contributed by atoms with Gasteiger partial charge in [-0.2, -0.15) is 0 Å². The minimum atomic E-state index is -0.689. The molecular formula is C29H35Cl2NO3. The molecule has 3 aliphatic rings. The van der Waals surface area contributed by atoms with Crippen molar-refractivity contribution in [1.29, 1.82) is 0 Å². The lowest BCUT2D eigenvalue weighted by Gasteiger charge is -2.38. The number of aliphatic hydroxyl groups excluding tert-OH is 1. The molecule has 188 valence electrons. The normalized spacial score (nSPS) is 22.0. The van der Waals surface area contributed by atoms with Gasteiger partial charge in [-0.05, 0) is 95.4 Å². The molecule has 2 aromatic rings. The van der Waals surface area contributed by atoms with Gasteiger partial charge in [0.25, 0.3) is 0 Å². The molecule has 1 spiro atoms. The highest BCUT2D eigenvalue weighted by atomic mass is 35.5. The third-order valence-electron chi connectivity index (χ3n) is 7.49. The third-order valence-corrected chi connectivity index (χ3v) is 8.12. The number of ether oxygens (including phenoxy) is 2. The first-order valence-electron chi connectivity index (χ1n) is 12.7. The van der Waals surface area contributed by atoms with E-state index >= 15 is 0 Å². The number of rotatable bonds is 7. The van der Waals surface area contributed by atoms with Gasteiger partial charge in [0, 0.05) is 32.5 Å². The number of nitrogens with zero attached hydrogens (tertiary/aromatic N) is 1. The van der Waals surface area contributed by atoms with E-state index in [0.717, 1.165) is 56.8 Å². The zero-order valence-corrected chi connectivity index (χ0v) is 22.3. The Morgan fingerprint density at radius 3 is 2.54 bits per heavy atom. The summed E-state index contributed by atoms with van der Waals surface area (Å²) in [6, 6.07) is 12.4. The smallest absolute Gasteiger partial charge is 0.155 e. The highest BCUT2D eigenvalue weighted by Gasteiger charge is 2.43. The molecule has 4 nitrogen and oxygen atoms in total. The van der Waals surface area contributed by atoms with Crippen LogP contribution < -0.4 is 4.74 Å². The minimum Gasteiger partial charge on any atom is -0.492 e. The number of allylic oxidation sites excluding steroid dienone is 2. The van der Waals surface area contributed by atoms with Crippen molar-refractivity contribution >= 4 is 28.8 Å². The highest BCUT2D eigenvalue weighted by molar-refractivity contribution is 6.38. The molecule has 0 bridgehead atoms. The maximum atomic E-state index is 10.1. The van der Waals surface area contributed by atoms with Gasteiger partial charge in [-0.25, -0.2) is 0 Å². The highest BCUT2D eigenvalue weighted by Crippen LogP contribution is 2.53. The summed E-state index contributed by atoms with van der Waals surface area (Å²) in [5.41, 5.74) is 4.53. The van der Waals surface area contributed by atoms with E-state index in [1.165, 1.54) is 16.7 Å². The van der Waals surface area contributed by atoms with Crippen LogP contribution >= 0.6 is 23.2 Å². The van der Waals surface area contributed by atoms with E-state index in [1.807, 2.05) is 39.0 Å². The molecule has 2 aromatic carbocycles. The van der Waals surface area contributed by atoms with Gasteiger partial charge in [0.05, 0.1) is 12.2 Å². The van der Waals surface area contributed by atoms with Crippen LogP contribution in [0.4, 0.5) is 0 Å². The third kappa shape index (κ3) is 5.42. The lowest BCUT2D eigenvalue weighted by Crippen LogP contribution is -2.44. The van der Waals surface area contributed by atoms with Crippen LogP contribution in [0.1, 0.15) is 69.1 Å². The fourth-order valence-electron chi connectivity index (χ4n) is 5.58. The summed E-state index contributed by atoms with van der Waals surface area (Å²) in [6.45, 7) is 9.78. The fourth-order valence-corrected chi connectivity index (χ4v) is 6.19. The quantitative estimate of drug-likeness (QED) is 0.411. The molecule has 6 heteroatoms. The summed E-state index contributed by atoms with van der Waals surface area (Å²) < 4.78 is 11.9. The SMILES string of the molecule is CC(C)(C)OC(O)CCCN1CCC2(CC1)COc1cc(C3C=C3c3c(Cl)cccc3Cl)ccc12. The largest absolute Gasteiger partial charge is 0.492 e. The van der Waals surface area contributed by atoms with Crippen molar-refractivity contribution in [2.75, 3.05) is 26.2 Å². The van der Waals surface area contributed by atoms with E-state index < -0.39 is 6.29 Å². The molecule has 35 heavy (non-hydrogen) atoms. The zero-order valence-electron chi connectivity index (χ0n) is 20.8. The van der Waals surface area contributed by atoms with Crippen molar-refractivity contribution in [2.24, 2.45) is 0 Å². The Morgan fingerprint density at radius 2 is 1.86 bits per heavy atom. The fraction of sp³-hybridized carbons (Fsp3) is 0.517. The lowest BCUT2D eigenvalue weighted by atomic mass is 9.74. The summed E-state index contributed by atoms with van der Waals surface area (Å²) in [7, 11) is 0. The van der Waals surface area contributed by atoms with E-state index in [-0.39, 0.29) is 16.9 Å². The number of fused-ring (bicyclic) bond motifs is 2. The average Bonchev–Trinajstić information content (AvgIpc) is 3.50. The van der Waals surface area contributed by atoms with Gasteiger partial charge >= 0.3 is 0 Å². The predicted molar refractivity (Wildman–Crippen MR) is 143 cm³/mol. The van der Waals surface area contributed by atoms with Crippen LogP contribution in [0.15, 0.2) is 42.5 Å². The van der Waals surface area contributed by atoms with E-state index in [2.05, 4.69) is 29.2 Å². The number of hydrogen-bond donors (Lipinski definition) is 1. The Bertz CT molecular complexity index is 1100. The number of halogens is 2. The Kier molecular flexibility index (Phi) is 6.97. The number of benzene rings is 2. The van der Waals surface area contributed by atoms with Crippen molar-refractivity contribution in [3.63, 3.8) is 0 Å². The maximum Gasteiger partial charge on any atom is 0.155 e. The standard InChI is InChI=1S/C29H35Cl2NO3/c1-28(2,3)35-26(33)8-5-13-32-14-11-29(12-15-32)18-34-25-16-19(9-10-22(25)29)20-17-21(20)27-23(30)6-4-7-24(27)31/h4,6-7,9-10,16-17,20,26,33H,5,8,11-15,18H2,1-3H3. The van der Waals surface area contributed by atoms with Gasteiger partial charge in [-0.3, -0.25) is 0 Å². The Morgan fingerprint density at radius 1 is 1.14 bits per heavy atom. The molecule has 0 radical (unpaired) electrons. The number of piperidine rings is 1.